The Bertz CT molecular complexity index is 553. The second kappa shape index (κ2) is 10.5. The number of hydrogen-bond donors (Lipinski definition) is 2. The highest BCUT2D eigenvalue weighted by Crippen LogP contribution is 2.18. The van der Waals surface area contributed by atoms with Crippen molar-refractivity contribution >= 4 is 28.3 Å². The van der Waals surface area contributed by atoms with Gasteiger partial charge in [-0.15, -0.1) is 10.2 Å². The number of anilines is 1. The Balaban J connectivity index is 1.66. The first-order chi connectivity index (χ1) is 12.0. The van der Waals surface area contributed by atoms with E-state index in [2.05, 4.69) is 25.7 Å². The fourth-order valence-electron chi connectivity index (χ4n) is 2.86. The van der Waals surface area contributed by atoms with Gasteiger partial charge >= 0.3 is 0 Å². The molecule has 0 aliphatic heterocycles. The van der Waals surface area contributed by atoms with Crippen LogP contribution < -0.4 is 10.6 Å². The molecule has 1 saturated carbocycles. The second-order valence-electron chi connectivity index (χ2n) is 6.86. The maximum atomic E-state index is 12.0. The summed E-state index contributed by atoms with van der Waals surface area (Å²) in [5.74, 6) is -0.225. The predicted octanol–water partition coefficient (Wildman–Crippen LogP) is 2.20. The normalized spacial score (nSPS) is 15.8. The third kappa shape index (κ3) is 7.92. The molecule has 0 radical (unpaired) electrons. The largest absolute Gasteiger partial charge is 0.353 e. The summed E-state index contributed by atoms with van der Waals surface area (Å²) >= 11 is 1.39. The summed E-state index contributed by atoms with van der Waals surface area (Å²) in [6.45, 7) is 0.893. The lowest BCUT2D eigenvalue weighted by atomic mass is 10.1. The monoisotopic (exact) mass is 367 g/mol. The summed E-state index contributed by atoms with van der Waals surface area (Å²) in [4.78, 5) is 26.1. The summed E-state index contributed by atoms with van der Waals surface area (Å²) in [5.41, 5.74) is 0. The topological polar surface area (TPSA) is 87.2 Å². The number of likely N-dealkylation sites (N-methyl/N-ethyl adjacent to an activating group) is 1. The van der Waals surface area contributed by atoms with Gasteiger partial charge in [0.15, 0.2) is 0 Å². The molecule has 1 aliphatic carbocycles. The number of rotatable bonds is 8. The van der Waals surface area contributed by atoms with Crippen LogP contribution in [-0.4, -0.2) is 53.6 Å². The number of carbonyl (C=O) groups is 2. The van der Waals surface area contributed by atoms with Crippen molar-refractivity contribution in [3.05, 3.63) is 5.01 Å². The second-order valence-corrected chi connectivity index (χ2v) is 7.92. The van der Waals surface area contributed by atoms with Gasteiger partial charge in [0, 0.05) is 31.8 Å². The number of amides is 2. The van der Waals surface area contributed by atoms with E-state index in [-0.39, 0.29) is 30.7 Å². The predicted molar refractivity (Wildman–Crippen MR) is 99.7 cm³/mol. The Morgan fingerprint density at radius 1 is 1.08 bits per heavy atom. The number of carbonyl (C=O) groups excluding carboxylic acids is 2. The molecular formula is C17H29N5O2S. The number of hydrogen-bond acceptors (Lipinski definition) is 6. The summed E-state index contributed by atoms with van der Waals surface area (Å²) < 4.78 is 0. The molecule has 1 fully saturated rings. The van der Waals surface area contributed by atoms with Crippen LogP contribution >= 0.6 is 11.3 Å². The molecule has 0 bridgehead atoms. The molecule has 2 N–H and O–H groups in total. The molecule has 1 aromatic rings. The van der Waals surface area contributed by atoms with Crippen molar-refractivity contribution in [2.75, 3.05) is 26.0 Å². The van der Waals surface area contributed by atoms with E-state index in [1.807, 2.05) is 14.1 Å². The number of aromatic nitrogens is 2. The summed E-state index contributed by atoms with van der Waals surface area (Å²) in [5, 5.41) is 15.2. The van der Waals surface area contributed by atoms with E-state index in [4.69, 9.17) is 0 Å². The van der Waals surface area contributed by atoms with Gasteiger partial charge in [0.1, 0.15) is 5.01 Å². The highest BCUT2D eigenvalue weighted by atomic mass is 32.1. The third-order valence-electron chi connectivity index (χ3n) is 4.29. The molecule has 0 atom stereocenters. The fourth-order valence-corrected chi connectivity index (χ4v) is 3.60. The van der Waals surface area contributed by atoms with E-state index in [0.717, 1.165) is 30.8 Å². The zero-order valence-electron chi connectivity index (χ0n) is 15.2. The van der Waals surface area contributed by atoms with Crippen LogP contribution in [0.25, 0.3) is 0 Å². The van der Waals surface area contributed by atoms with Crippen LogP contribution in [0.4, 0.5) is 5.13 Å². The molecule has 0 aromatic carbocycles. The molecule has 2 rings (SSSR count). The molecule has 1 aromatic heterocycles. The molecule has 0 saturated heterocycles. The maximum absolute atomic E-state index is 12.0. The number of nitrogens with zero attached hydrogens (tertiary/aromatic N) is 3. The highest BCUT2D eigenvalue weighted by Gasteiger charge is 2.16. The van der Waals surface area contributed by atoms with Gasteiger partial charge in [0.25, 0.3) is 0 Å². The minimum Gasteiger partial charge on any atom is -0.353 e. The van der Waals surface area contributed by atoms with Crippen molar-refractivity contribution in [1.29, 1.82) is 0 Å². The van der Waals surface area contributed by atoms with E-state index in [9.17, 15) is 9.59 Å². The first-order valence-corrected chi connectivity index (χ1v) is 9.91. The maximum Gasteiger partial charge on any atom is 0.226 e. The molecule has 8 heteroatoms. The first-order valence-electron chi connectivity index (χ1n) is 9.09. The van der Waals surface area contributed by atoms with Crippen LogP contribution in [0.5, 0.6) is 0 Å². The van der Waals surface area contributed by atoms with Gasteiger partial charge in [-0.05, 0) is 26.9 Å². The van der Waals surface area contributed by atoms with E-state index >= 15 is 0 Å². The molecule has 2 amide bonds. The average Bonchev–Trinajstić information content (AvgIpc) is 2.85. The van der Waals surface area contributed by atoms with Crippen molar-refractivity contribution in [1.82, 2.24) is 20.4 Å². The quantitative estimate of drug-likeness (QED) is 0.688. The van der Waals surface area contributed by atoms with Crippen molar-refractivity contribution in [2.45, 2.75) is 63.8 Å². The summed E-state index contributed by atoms with van der Waals surface area (Å²) in [6, 6.07) is 0.278. The Morgan fingerprint density at radius 2 is 1.76 bits per heavy atom. The minimum atomic E-state index is -0.189. The Morgan fingerprint density at radius 3 is 2.44 bits per heavy atom. The van der Waals surface area contributed by atoms with E-state index in [1.54, 1.807) is 0 Å². The molecule has 25 heavy (non-hydrogen) atoms. The Hall–Kier alpha value is -1.54. The van der Waals surface area contributed by atoms with Crippen molar-refractivity contribution in [3.63, 3.8) is 0 Å². The van der Waals surface area contributed by atoms with Crippen molar-refractivity contribution < 1.29 is 9.59 Å². The Labute approximate surface area is 153 Å². The lowest BCUT2D eigenvalue weighted by Crippen LogP contribution is -2.34. The van der Waals surface area contributed by atoms with Crippen LogP contribution in [0.3, 0.4) is 0 Å². The zero-order chi connectivity index (χ0) is 18.1. The van der Waals surface area contributed by atoms with Gasteiger partial charge < -0.3 is 15.5 Å². The van der Waals surface area contributed by atoms with Crippen LogP contribution in [0.15, 0.2) is 0 Å². The average molecular weight is 368 g/mol. The highest BCUT2D eigenvalue weighted by molar-refractivity contribution is 7.15. The van der Waals surface area contributed by atoms with Crippen LogP contribution in [0, 0.1) is 0 Å². The summed E-state index contributed by atoms with van der Waals surface area (Å²) in [6.07, 6.45) is 8.18. The standard InChI is InChI=1S/C17H29N5O2S/c1-22(2)12-11-16-20-21-17(25-16)19-15(24)10-9-14(23)18-13-7-5-3-4-6-8-13/h13H,3-12H2,1-2H3,(H,18,23)(H,19,21,24). The van der Waals surface area contributed by atoms with E-state index in [0.29, 0.717) is 5.13 Å². The van der Waals surface area contributed by atoms with Gasteiger partial charge in [-0.2, -0.15) is 0 Å². The zero-order valence-corrected chi connectivity index (χ0v) is 16.0. The van der Waals surface area contributed by atoms with Gasteiger partial charge in [0.2, 0.25) is 16.9 Å². The van der Waals surface area contributed by atoms with Gasteiger partial charge in [-0.25, -0.2) is 0 Å². The van der Waals surface area contributed by atoms with Gasteiger partial charge in [-0.3, -0.25) is 9.59 Å². The van der Waals surface area contributed by atoms with Crippen molar-refractivity contribution in [2.24, 2.45) is 0 Å². The molecule has 1 heterocycles. The fraction of sp³-hybridized carbons (Fsp3) is 0.765. The SMILES string of the molecule is CN(C)CCc1nnc(NC(=O)CCC(=O)NC2CCCCCC2)s1. The van der Waals surface area contributed by atoms with Crippen LogP contribution in [0.2, 0.25) is 0 Å². The van der Waals surface area contributed by atoms with Crippen molar-refractivity contribution in [3.8, 4) is 0 Å². The molecular weight excluding hydrogens is 338 g/mol. The molecule has 7 nitrogen and oxygen atoms in total. The first kappa shape index (κ1) is 19.8. The lowest BCUT2D eigenvalue weighted by molar-refractivity contribution is -0.124. The van der Waals surface area contributed by atoms with Crippen LogP contribution in [0.1, 0.15) is 56.4 Å². The Kier molecular flexibility index (Phi) is 8.27. The van der Waals surface area contributed by atoms with Crippen LogP contribution in [-0.2, 0) is 16.0 Å². The van der Waals surface area contributed by atoms with Gasteiger partial charge in [-0.1, -0.05) is 37.0 Å². The molecule has 0 unspecified atom stereocenters. The number of nitrogens with one attached hydrogen (secondary N) is 2. The minimum absolute atomic E-state index is 0.0361. The van der Waals surface area contributed by atoms with Gasteiger partial charge in [0.05, 0.1) is 0 Å². The molecule has 140 valence electrons. The molecule has 1 aliphatic rings. The van der Waals surface area contributed by atoms with E-state index in [1.165, 1.54) is 37.0 Å². The third-order valence-corrected chi connectivity index (χ3v) is 5.18. The smallest absolute Gasteiger partial charge is 0.226 e. The van der Waals surface area contributed by atoms with E-state index < -0.39 is 0 Å². The lowest BCUT2D eigenvalue weighted by Gasteiger charge is -2.15. The summed E-state index contributed by atoms with van der Waals surface area (Å²) in [7, 11) is 4.01. The molecule has 0 spiro atoms.